The molecule has 0 bridgehead atoms. The van der Waals surface area contributed by atoms with Gasteiger partial charge in [0, 0.05) is 25.2 Å². The van der Waals surface area contributed by atoms with Crippen LogP contribution in [-0.2, 0) is 24.2 Å². The van der Waals surface area contributed by atoms with E-state index in [1.807, 2.05) is 54.6 Å². The smallest absolute Gasteiger partial charge is 0.224 e. The molecule has 0 aromatic heterocycles. The van der Waals surface area contributed by atoms with Crippen LogP contribution in [0.4, 0.5) is 4.39 Å². The van der Waals surface area contributed by atoms with Crippen LogP contribution in [-0.4, -0.2) is 38.1 Å². The van der Waals surface area contributed by atoms with Gasteiger partial charge in [-0.05, 0) is 41.3 Å². The number of amides is 1. The van der Waals surface area contributed by atoms with Crippen LogP contribution in [0, 0.1) is 5.82 Å². The zero-order valence-corrected chi connectivity index (χ0v) is 19.0. The Morgan fingerprint density at radius 3 is 2.45 bits per heavy atom. The molecule has 0 saturated carbocycles. The van der Waals surface area contributed by atoms with E-state index < -0.39 is 0 Å². The number of hydrogen-bond donors (Lipinski definition) is 1. The lowest BCUT2D eigenvalue weighted by molar-refractivity contribution is -0.120. The molecule has 3 aromatic rings. The molecule has 1 atom stereocenters. The van der Waals surface area contributed by atoms with Gasteiger partial charge < -0.3 is 14.8 Å². The Morgan fingerprint density at radius 2 is 1.73 bits per heavy atom. The number of fused-ring (bicyclic) bond motifs is 1. The van der Waals surface area contributed by atoms with Crippen molar-refractivity contribution in [3.05, 3.63) is 94.8 Å². The molecule has 1 aliphatic heterocycles. The second kappa shape index (κ2) is 10.5. The van der Waals surface area contributed by atoms with Crippen LogP contribution < -0.4 is 14.8 Å². The third-order valence-corrected chi connectivity index (χ3v) is 6.14. The molecule has 1 amide bonds. The number of rotatable bonds is 8. The van der Waals surface area contributed by atoms with E-state index in [0.29, 0.717) is 36.6 Å². The number of carbonyl (C=O) groups excluding carboxylic acids is 1. The Bertz CT molecular complexity index is 1100. The quantitative estimate of drug-likeness (QED) is 0.558. The molecule has 0 radical (unpaired) electrons. The number of nitrogens with one attached hydrogen (secondary N) is 1. The molecule has 172 valence electrons. The van der Waals surface area contributed by atoms with Gasteiger partial charge in [0.25, 0.3) is 0 Å². The van der Waals surface area contributed by atoms with E-state index >= 15 is 0 Å². The van der Waals surface area contributed by atoms with Crippen LogP contribution in [0.2, 0.25) is 0 Å². The molecule has 1 heterocycles. The van der Waals surface area contributed by atoms with Crippen LogP contribution in [0.3, 0.4) is 0 Å². The predicted octanol–water partition coefficient (Wildman–Crippen LogP) is 4.30. The highest BCUT2D eigenvalue weighted by Gasteiger charge is 2.30. The van der Waals surface area contributed by atoms with Gasteiger partial charge in [-0.15, -0.1) is 0 Å². The fourth-order valence-corrected chi connectivity index (χ4v) is 4.41. The van der Waals surface area contributed by atoms with Gasteiger partial charge >= 0.3 is 0 Å². The van der Waals surface area contributed by atoms with Crippen LogP contribution >= 0.6 is 0 Å². The maximum Gasteiger partial charge on any atom is 0.224 e. The zero-order chi connectivity index (χ0) is 23.2. The molecule has 1 aliphatic rings. The van der Waals surface area contributed by atoms with Gasteiger partial charge in [0.05, 0.1) is 26.7 Å². The van der Waals surface area contributed by atoms with E-state index in [1.54, 1.807) is 20.3 Å². The molecule has 4 rings (SSSR count). The summed E-state index contributed by atoms with van der Waals surface area (Å²) in [7, 11) is 3.24. The lowest BCUT2D eigenvalue weighted by Crippen LogP contribution is -2.42. The van der Waals surface area contributed by atoms with E-state index in [1.165, 1.54) is 6.07 Å². The summed E-state index contributed by atoms with van der Waals surface area (Å²) in [6.07, 6.45) is 1.12. The molecule has 0 fully saturated rings. The molecule has 5 nitrogen and oxygen atoms in total. The molecule has 1 N–H and O–H groups in total. The number of ether oxygens (including phenoxy) is 2. The molecule has 0 aliphatic carbocycles. The van der Waals surface area contributed by atoms with E-state index in [4.69, 9.17) is 9.47 Å². The fraction of sp³-hybridized carbons (Fsp3) is 0.296. The molecule has 33 heavy (non-hydrogen) atoms. The van der Waals surface area contributed by atoms with Crippen LogP contribution in [0.5, 0.6) is 11.5 Å². The van der Waals surface area contributed by atoms with Crippen molar-refractivity contribution in [3.8, 4) is 11.5 Å². The van der Waals surface area contributed by atoms with Crippen LogP contribution in [0.15, 0.2) is 66.7 Å². The topological polar surface area (TPSA) is 50.8 Å². The summed E-state index contributed by atoms with van der Waals surface area (Å²) >= 11 is 0. The third kappa shape index (κ3) is 5.34. The summed E-state index contributed by atoms with van der Waals surface area (Å²) in [5.41, 5.74) is 3.82. The second-order valence-corrected chi connectivity index (χ2v) is 8.20. The number of hydrogen-bond acceptors (Lipinski definition) is 4. The summed E-state index contributed by atoms with van der Waals surface area (Å²) in [6.45, 7) is 1.62. The number of halogens is 1. The van der Waals surface area contributed by atoms with Crippen molar-refractivity contribution in [2.24, 2.45) is 0 Å². The highest BCUT2D eigenvalue weighted by atomic mass is 19.1. The monoisotopic (exact) mass is 448 g/mol. The van der Waals surface area contributed by atoms with Crippen molar-refractivity contribution in [2.45, 2.75) is 25.4 Å². The lowest BCUT2D eigenvalue weighted by Gasteiger charge is -2.38. The first-order valence-corrected chi connectivity index (χ1v) is 11.1. The van der Waals surface area contributed by atoms with Crippen molar-refractivity contribution in [2.75, 3.05) is 27.3 Å². The maximum absolute atomic E-state index is 14.4. The van der Waals surface area contributed by atoms with E-state index in [2.05, 4.69) is 10.2 Å². The van der Waals surface area contributed by atoms with Gasteiger partial charge in [-0.25, -0.2) is 4.39 Å². The summed E-state index contributed by atoms with van der Waals surface area (Å²) in [4.78, 5) is 14.9. The lowest BCUT2D eigenvalue weighted by atomic mass is 9.91. The minimum Gasteiger partial charge on any atom is -0.493 e. The molecule has 0 saturated heterocycles. The van der Waals surface area contributed by atoms with Crippen molar-refractivity contribution in [1.82, 2.24) is 10.2 Å². The van der Waals surface area contributed by atoms with Gasteiger partial charge in [0.15, 0.2) is 11.5 Å². The molecule has 6 heteroatoms. The molecule has 3 aromatic carbocycles. The molecule has 1 unspecified atom stereocenters. The number of benzene rings is 3. The SMILES string of the molecule is COc1cc2c(cc1OC)C(CNC(=O)Cc1ccccc1)N(Cc1ccccc1F)CC2. The van der Waals surface area contributed by atoms with E-state index in [0.717, 1.165) is 29.7 Å². The van der Waals surface area contributed by atoms with Gasteiger partial charge in [0.1, 0.15) is 5.82 Å². The highest BCUT2D eigenvalue weighted by Crippen LogP contribution is 2.38. The Balaban J connectivity index is 1.59. The molecular formula is C27H29FN2O3. The third-order valence-electron chi connectivity index (χ3n) is 6.14. The largest absolute Gasteiger partial charge is 0.493 e. The maximum atomic E-state index is 14.4. The van der Waals surface area contributed by atoms with E-state index in [-0.39, 0.29) is 17.8 Å². The van der Waals surface area contributed by atoms with Gasteiger partial charge in [-0.2, -0.15) is 0 Å². The average molecular weight is 449 g/mol. The summed E-state index contributed by atoms with van der Waals surface area (Å²) in [5, 5.41) is 3.09. The van der Waals surface area contributed by atoms with Crippen LogP contribution in [0.1, 0.15) is 28.3 Å². The van der Waals surface area contributed by atoms with Gasteiger partial charge in [0.2, 0.25) is 5.91 Å². The van der Waals surface area contributed by atoms with E-state index in [9.17, 15) is 9.18 Å². The van der Waals surface area contributed by atoms with Gasteiger partial charge in [-0.1, -0.05) is 48.5 Å². The minimum absolute atomic E-state index is 0.0420. The summed E-state index contributed by atoms with van der Waals surface area (Å²) in [6, 6.07) is 20.4. The molecular weight excluding hydrogens is 419 g/mol. The first-order chi connectivity index (χ1) is 16.1. The van der Waals surface area contributed by atoms with Crippen molar-refractivity contribution in [3.63, 3.8) is 0 Å². The number of nitrogens with zero attached hydrogens (tertiary/aromatic N) is 1. The Labute approximate surface area is 194 Å². The number of carbonyl (C=O) groups is 1. The molecule has 0 spiro atoms. The summed E-state index contributed by atoms with van der Waals surface area (Å²) in [5.74, 6) is 1.07. The standard InChI is InChI=1S/C27H29FN2O3/c1-32-25-15-20-12-13-30(18-21-10-6-7-11-23(21)28)24(22(20)16-26(25)33-2)17-29-27(31)14-19-8-4-3-5-9-19/h3-11,15-16,24H,12-14,17-18H2,1-2H3,(H,29,31). The minimum atomic E-state index is -0.220. The highest BCUT2D eigenvalue weighted by molar-refractivity contribution is 5.78. The predicted molar refractivity (Wildman–Crippen MR) is 126 cm³/mol. The van der Waals surface area contributed by atoms with Crippen molar-refractivity contribution < 1.29 is 18.7 Å². The van der Waals surface area contributed by atoms with Crippen molar-refractivity contribution >= 4 is 5.91 Å². The Morgan fingerprint density at radius 1 is 1.03 bits per heavy atom. The normalized spacial score (nSPS) is 15.5. The van der Waals surface area contributed by atoms with Crippen molar-refractivity contribution in [1.29, 1.82) is 0 Å². The first kappa shape index (κ1) is 22.8. The fourth-order valence-electron chi connectivity index (χ4n) is 4.41. The Hall–Kier alpha value is -3.38. The van der Waals surface area contributed by atoms with Crippen LogP contribution in [0.25, 0.3) is 0 Å². The Kier molecular flexibility index (Phi) is 7.25. The number of methoxy groups -OCH3 is 2. The summed E-state index contributed by atoms with van der Waals surface area (Å²) < 4.78 is 25.4. The zero-order valence-electron chi connectivity index (χ0n) is 19.0. The first-order valence-electron chi connectivity index (χ1n) is 11.1. The van der Waals surface area contributed by atoms with Gasteiger partial charge in [-0.3, -0.25) is 9.69 Å². The average Bonchev–Trinajstić information content (AvgIpc) is 2.84. The second-order valence-electron chi connectivity index (χ2n) is 8.20.